The van der Waals surface area contributed by atoms with Crippen molar-refractivity contribution >= 4 is 11.6 Å². The zero-order valence-electron chi connectivity index (χ0n) is 14.6. The van der Waals surface area contributed by atoms with E-state index < -0.39 is 0 Å². The summed E-state index contributed by atoms with van der Waals surface area (Å²) in [6, 6.07) is 4.22. The maximum Gasteiger partial charge on any atom is 0.131 e. The number of aromatic nitrogens is 4. The van der Waals surface area contributed by atoms with E-state index in [0.717, 1.165) is 36.8 Å². The molecule has 2 aromatic rings. The summed E-state index contributed by atoms with van der Waals surface area (Å²) in [7, 11) is 1.93. The monoisotopic (exact) mass is 330 g/mol. The molecule has 0 aromatic carbocycles. The van der Waals surface area contributed by atoms with Crippen LogP contribution in [0.25, 0.3) is 0 Å². The summed E-state index contributed by atoms with van der Waals surface area (Å²) in [5.74, 6) is 2.11. The highest BCUT2D eigenvalue weighted by molar-refractivity contribution is 5.47. The number of nitrogens with zero attached hydrogens (tertiary/aromatic N) is 4. The molecule has 0 unspecified atom stereocenters. The molecule has 0 saturated carbocycles. The fraction of sp³-hybridized carbons (Fsp3) is 0.588. The molecular weight excluding hydrogens is 304 g/mol. The molecule has 2 atom stereocenters. The maximum atomic E-state index is 5.93. The third-order valence-corrected chi connectivity index (χ3v) is 4.40. The lowest BCUT2D eigenvalue weighted by Crippen LogP contribution is -2.43. The molecule has 0 bridgehead atoms. The lowest BCUT2D eigenvalue weighted by atomic mass is 9.94. The highest BCUT2D eigenvalue weighted by Gasteiger charge is 2.28. The van der Waals surface area contributed by atoms with Gasteiger partial charge >= 0.3 is 0 Å². The first-order valence-electron chi connectivity index (χ1n) is 8.54. The third kappa shape index (κ3) is 4.03. The Morgan fingerprint density at radius 2 is 2.17 bits per heavy atom. The molecular formula is C17H26N6O. The van der Waals surface area contributed by atoms with Crippen molar-refractivity contribution in [1.82, 2.24) is 19.7 Å². The average molecular weight is 330 g/mol. The van der Waals surface area contributed by atoms with E-state index in [1.54, 1.807) is 12.5 Å². The van der Waals surface area contributed by atoms with Crippen LogP contribution in [0, 0.1) is 5.92 Å². The van der Waals surface area contributed by atoms with Gasteiger partial charge in [-0.3, -0.25) is 4.68 Å². The predicted molar refractivity (Wildman–Crippen MR) is 93.8 cm³/mol. The van der Waals surface area contributed by atoms with Crippen LogP contribution in [0.5, 0.6) is 0 Å². The normalized spacial score (nSPS) is 21.0. The molecule has 1 aliphatic heterocycles. The van der Waals surface area contributed by atoms with Gasteiger partial charge in [0.05, 0.1) is 24.4 Å². The third-order valence-electron chi connectivity index (χ3n) is 4.40. The Bertz CT molecular complexity index is 656. The first kappa shape index (κ1) is 16.7. The largest absolute Gasteiger partial charge is 0.376 e. The van der Waals surface area contributed by atoms with Gasteiger partial charge in [-0.1, -0.05) is 13.8 Å². The zero-order valence-corrected chi connectivity index (χ0v) is 14.6. The van der Waals surface area contributed by atoms with Crippen LogP contribution in [-0.4, -0.2) is 38.5 Å². The van der Waals surface area contributed by atoms with Gasteiger partial charge in [0.15, 0.2) is 0 Å². The second kappa shape index (κ2) is 7.61. The molecule has 1 saturated heterocycles. The minimum absolute atomic E-state index is 0.222. The van der Waals surface area contributed by atoms with Gasteiger partial charge in [-0.05, 0) is 24.8 Å². The molecule has 0 aliphatic carbocycles. The number of aryl methyl sites for hydroxylation is 1. The van der Waals surface area contributed by atoms with E-state index in [0.29, 0.717) is 18.5 Å². The Hall–Kier alpha value is -2.15. The molecule has 0 radical (unpaired) electrons. The SMILES string of the molecule is CC(C)[C@H]1OCCC[C@H]1Nc1cc(NCc2ccnn2C)ncn1. The molecule has 1 fully saturated rings. The summed E-state index contributed by atoms with van der Waals surface area (Å²) in [6.45, 7) is 5.92. The zero-order chi connectivity index (χ0) is 16.9. The van der Waals surface area contributed by atoms with E-state index in [1.165, 1.54) is 0 Å². The number of anilines is 2. The fourth-order valence-corrected chi connectivity index (χ4v) is 3.09. The van der Waals surface area contributed by atoms with E-state index in [9.17, 15) is 0 Å². The summed E-state index contributed by atoms with van der Waals surface area (Å²) in [4.78, 5) is 8.65. The Balaban J connectivity index is 1.63. The molecule has 7 heteroatoms. The Labute approximate surface area is 142 Å². The van der Waals surface area contributed by atoms with Gasteiger partial charge in [-0.2, -0.15) is 5.10 Å². The highest BCUT2D eigenvalue weighted by Crippen LogP contribution is 2.24. The van der Waals surface area contributed by atoms with Crippen LogP contribution in [0.3, 0.4) is 0 Å². The van der Waals surface area contributed by atoms with Crippen LogP contribution in [-0.2, 0) is 18.3 Å². The lowest BCUT2D eigenvalue weighted by molar-refractivity contribution is -0.0203. The second-order valence-electron chi connectivity index (χ2n) is 6.56. The van der Waals surface area contributed by atoms with Crippen molar-refractivity contribution in [2.75, 3.05) is 17.2 Å². The maximum absolute atomic E-state index is 5.93. The first-order valence-corrected chi connectivity index (χ1v) is 8.54. The van der Waals surface area contributed by atoms with Crippen LogP contribution in [0.4, 0.5) is 11.6 Å². The van der Waals surface area contributed by atoms with Crippen molar-refractivity contribution in [3.63, 3.8) is 0 Å². The van der Waals surface area contributed by atoms with Crippen LogP contribution in [0.2, 0.25) is 0 Å². The molecule has 0 spiro atoms. The minimum atomic E-state index is 0.222. The average Bonchev–Trinajstić information content (AvgIpc) is 2.99. The van der Waals surface area contributed by atoms with Gasteiger partial charge in [-0.15, -0.1) is 0 Å². The fourth-order valence-electron chi connectivity index (χ4n) is 3.09. The minimum Gasteiger partial charge on any atom is -0.376 e. The number of hydrogen-bond acceptors (Lipinski definition) is 6. The summed E-state index contributed by atoms with van der Waals surface area (Å²) in [5, 5.41) is 11.0. The Kier molecular flexibility index (Phi) is 5.30. The number of rotatable bonds is 6. The predicted octanol–water partition coefficient (Wildman–Crippen LogP) is 2.44. The van der Waals surface area contributed by atoms with Gasteiger partial charge in [-0.25, -0.2) is 9.97 Å². The molecule has 3 heterocycles. The molecule has 7 nitrogen and oxygen atoms in total. The van der Waals surface area contributed by atoms with Gasteiger partial charge in [0.1, 0.15) is 18.0 Å². The summed E-state index contributed by atoms with van der Waals surface area (Å²) >= 11 is 0. The quantitative estimate of drug-likeness (QED) is 0.847. The van der Waals surface area contributed by atoms with Crippen molar-refractivity contribution in [1.29, 1.82) is 0 Å². The summed E-state index contributed by atoms with van der Waals surface area (Å²) in [5.41, 5.74) is 1.10. The van der Waals surface area contributed by atoms with E-state index in [1.807, 2.05) is 23.9 Å². The van der Waals surface area contributed by atoms with Gasteiger partial charge in [0.25, 0.3) is 0 Å². The molecule has 0 amide bonds. The first-order chi connectivity index (χ1) is 11.6. The van der Waals surface area contributed by atoms with Crippen molar-refractivity contribution in [3.05, 3.63) is 30.4 Å². The van der Waals surface area contributed by atoms with Gasteiger partial charge in [0.2, 0.25) is 0 Å². The van der Waals surface area contributed by atoms with E-state index in [-0.39, 0.29) is 6.10 Å². The Morgan fingerprint density at radius 3 is 2.92 bits per heavy atom. The molecule has 130 valence electrons. The lowest BCUT2D eigenvalue weighted by Gasteiger charge is -2.35. The van der Waals surface area contributed by atoms with E-state index in [4.69, 9.17) is 4.74 Å². The van der Waals surface area contributed by atoms with Crippen LogP contribution in [0.15, 0.2) is 24.7 Å². The van der Waals surface area contributed by atoms with Crippen LogP contribution < -0.4 is 10.6 Å². The molecule has 1 aliphatic rings. The molecule has 24 heavy (non-hydrogen) atoms. The second-order valence-corrected chi connectivity index (χ2v) is 6.56. The van der Waals surface area contributed by atoms with Crippen molar-refractivity contribution in [2.24, 2.45) is 13.0 Å². The smallest absolute Gasteiger partial charge is 0.131 e. The number of ether oxygens (including phenoxy) is 1. The van der Waals surface area contributed by atoms with Crippen molar-refractivity contribution in [2.45, 2.75) is 45.4 Å². The van der Waals surface area contributed by atoms with Crippen LogP contribution >= 0.6 is 0 Å². The molecule has 2 aromatic heterocycles. The number of hydrogen-bond donors (Lipinski definition) is 2. The molecule has 2 N–H and O–H groups in total. The van der Waals surface area contributed by atoms with E-state index >= 15 is 0 Å². The summed E-state index contributed by atoms with van der Waals surface area (Å²) < 4.78 is 7.78. The standard InChI is InChI=1S/C17H26N6O/c1-12(2)17-14(5-4-8-24-17)22-16-9-15(19-11-20-16)18-10-13-6-7-21-23(13)3/h6-7,9,11-12,14,17H,4-5,8,10H2,1-3H3,(H2,18,19,20,22)/t14-,17-/m1/s1. The topological polar surface area (TPSA) is 76.9 Å². The summed E-state index contributed by atoms with van der Waals surface area (Å²) in [6.07, 6.45) is 5.78. The van der Waals surface area contributed by atoms with Gasteiger partial charge in [0, 0.05) is 25.9 Å². The molecule has 3 rings (SSSR count). The number of nitrogens with one attached hydrogen (secondary N) is 2. The van der Waals surface area contributed by atoms with Gasteiger partial charge < -0.3 is 15.4 Å². The van der Waals surface area contributed by atoms with Crippen molar-refractivity contribution in [3.8, 4) is 0 Å². The Morgan fingerprint density at radius 1 is 1.33 bits per heavy atom. The highest BCUT2D eigenvalue weighted by atomic mass is 16.5. The van der Waals surface area contributed by atoms with Crippen molar-refractivity contribution < 1.29 is 4.74 Å². The van der Waals surface area contributed by atoms with E-state index in [2.05, 4.69) is 39.5 Å². The van der Waals surface area contributed by atoms with Crippen LogP contribution in [0.1, 0.15) is 32.4 Å².